The van der Waals surface area contributed by atoms with Crippen molar-refractivity contribution in [2.45, 2.75) is 40.8 Å². The van der Waals surface area contributed by atoms with Gasteiger partial charge in [-0.2, -0.15) is 5.26 Å². The summed E-state index contributed by atoms with van der Waals surface area (Å²) in [4.78, 5) is 15.6. The first-order valence-corrected chi connectivity index (χ1v) is 6.59. The SMILES string of the molecule is CCOC(=O)c1nc(C#N)cn1COCCC(C)(C)C. The summed E-state index contributed by atoms with van der Waals surface area (Å²) in [6.07, 6.45) is 2.39. The van der Waals surface area contributed by atoms with Crippen molar-refractivity contribution >= 4 is 5.97 Å². The van der Waals surface area contributed by atoms with Crippen molar-refractivity contribution in [1.29, 1.82) is 5.26 Å². The number of rotatable bonds is 6. The lowest BCUT2D eigenvalue weighted by Crippen LogP contribution is -2.16. The van der Waals surface area contributed by atoms with E-state index in [0.29, 0.717) is 6.61 Å². The first-order chi connectivity index (χ1) is 9.37. The Balaban J connectivity index is 2.66. The molecule has 0 N–H and O–H groups in total. The predicted octanol–water partition coefficient (Wildman–Crippen LogP) is 2.34. The molecule has 0 fully saturated rings. The summed E-state index contributed by atoms with van der Waals surface area (Å²) >= 11 is 0. The molecule has 6 heteroatoms. The summed E-state index contributed by atoms with van der Waals surface area (Å²) in [5.74, 6) is -0.451. The van der Waals surface area contributed by atoms with Gasteiger partial charge in [0.05, 0.1) is 6.61 Å². The number of nitrogens with zero attached hydrogens (tertiary/aromatic N) is 3. The molecule has 0 atom stereocenters. The Hall–Kier alpha value is -1.87. The Morgan fingerprint density at radius 2 is 2.20 bits per heavy atom. The van der Waals surface area contributed by atoms with Gasteiger partial charge in [-0.05, 0) is 18.8 Å². The van der Waals surface area contributed by atoms with Gasteiger partial charge in [-0.1, -0.05) is 20.8 Å². The molecule has 1 aromatic heterocycles. The van der Waals surface area contributed by atoms with Crippen LogP contribution in [0.4, 0.5) is 0 Å². The average molecular weight is 279 g/mol. The molecule has 0 aliphatic heterocycles. The highest BCUT2D eigenvalue weighted by Crippen LogP contribution is 2.18. The molecular formula is C14H21N3O3. The quantitative estimate of drug-likeness (QED) is 0.590. The highest BCUT2D eigenvalue weighted by molar-refractivity contribution is 5.85. The largest absolute Gasteiger partial charge is 0.460 e. The van der Waals surface area contributed by atoms with Crippen LogP contribution in [-0.2, 0) is 16.2 Å². The van der Waals surface area contributed by atoms with E-state index in [0.717, 1.165) is 6.42 Å². The summed E-state index contributed by atoms with van der Waals surface area (Å²) in [6.45, 7) is 9.13. The van der Waals surface area contributed by atoms with E-state index in [2.05, 4.69) is 25.8 Å². The minimum Gasteiger partial charge on any atom is -0.460 e. The Bertz CT molecular complexity index is 495. The molecule has 1 rings (SSSR count). The van der Waals surface area contributed by atoms with Gasteiger partial charge in [-0.25, -0.2) is 9.78 Å². The van der Waals surface area contributed by atoms with Crippen LogP contribution in [0, 0.1) is 16.7 Å². The van der Waals surface area contributed by atoms with E-state index in [1.54, 1.807) is 6.92 Å². The third kappa shape index (κ3) is 5.02. The van der Waals surface area contributed by atoms with Crippen LogP contribution in [-0.4, -0.2) is 28.7 Å². The van der Waals surface area contributed by atoms with Crippen LogP contribution in [0.5, 0.6) is 0 Å². The first-order valence-electron chi connectivity index (χ1n) is 6.59. The zero-order chi connectivity index (χ0) is 15.2. The number of ether oxygens (including phenoxy) is 2. The maximum atomic E-state index is 11.7. The van der Waals surface area contributed by atoms with E-state index < -0.39 is 5.97 Å². The number of esters is 1. The van der Waals surface area contributed by atoms with Crippen LogP contribution >= 0.6 is 0 Å². The molecule has 0 aliphatic carbocycles. The fraction of sp³-hybridized carbons (Fsp3) is 0.643. The van der Waals surface area contributed by atoms with E-state index in [-0.39, 0.29) is 30.3 Å². The predicted molar refractivity (Wildman–Crippen MR) is 72.9 cm³/mol. The Labute approximate surface area is 119 Å². The minimum atomic E-state index is -0.548. The van der Waals surface area contributed by atoms with Gasteiger partial charge in [0.2, 0.25) is 5.82 Å². The lowest BCUT2D eigenvalue weighted by Gasteiger charge is -2.17. The number of imidazole rings is 1. The molecule has 0 aliphatic rings. The van der Waals surface area contributed by atoms with E-state index in [9.17, 15) is 4.79 Å². The molecule has 0 unspecified atom stereocenters. The van der Waals surface area contributed by atoms with Crippen molar-refractivity contribution in [3.05, 3.63) is 17.7 Å². The number of nitriles is 1. The second-order valence-electron chi connectivity index (χ2n) is 5.60. The lowest BCUT2D eigenvalue weighted by molar-refractivity contribution is 0.0414. The van der Waals surface area contributed by atoms with Crippen LogP contribution < -0.4 is 0 Å². The van der Waals surface area contributed by atoms with E-state index in [1.807, 2.05) is 6.07 Å². The monoisotopic (exact) mass is 279 g/mol. The summed E-state index contributed by atoms with van der Waals surface area (Å²) < 4.78 is 11.9. The highest BCUT2D eigenvalue weighted by Gasteiger charge is 2.17. The van der Waals surface area contributed by atoms with E-state index >= 15 is 0 Å². The number of hydrogen-bond donors (Lipinski definition) is 0. The van der Waals surface area contributed by atoms with Crippen molar-refractivity contribution in [2.24, 2.45) is 5.41 Å². The second-order valence-corrected chi connectivity index (χ2v) is 5.60. The summed E-state index contributed by atoms with van der Waals surface area (Å²) in [6, 6.07) is 1.90. The molecule has 0 bridgehead atoms. The van der Waals surface area contributed by atoms with Crippen molar-refractivity contribution in [3.63, 3.8) is 0 Å². The molecule has 0 amide bonds. The Morgan fingerprint density at radius 3 is 2.75 bits per heavy atom. The normalized spacial score (nSPS) is 11.2. The van der Waals surface area contributed by atoms with Gasteiger partial charge < -0.3 is 14.0 Å². The molecule has 1 aromatic rings. The minimum absolute atomic E-state index is 0.0964. The third-order valence-corrected chi connectivity index (χ3v) is 2.58. The van der Waals surface area contributed by atoms with E-state index in [1.165, 1.54) is 10.8 Å². The highest BCUT2D eigenvalue weighted by atomic mass is 16.5. The summed E-state index contributed by atoms with van der Waals surface area (Å²) in [5.41, 5.74) is 0.365. The molecule has 110 valence electrons. The van der Waals surface area contributed by atoms with Crippen molar-refractivity contribution in [2.75, 3.05) is 13.2 Å². The van der Waals surface area contributed by atoms with Gasteiger partial charge >= 0.3 is 5.97 Å². The van der Waals surface area contributed by atoms with Gasteiger partial charge in [0.1, 0.15) is 12.8 Å². The molecule has 1 heterocycles. The maximum absolute atomic E-state index is 11.7. The fourth-order valence-electron chi connectivity index (χ4n) is 1.47. The first kappa shape index (κ1) is 16.2. The van der Waals surface area contributed by atoms with E-state index in [4.69, 9.17) is 14.7 Å². The molecule has 20 heavy (non-hydrogen) atoms. The van der Waals surface area contributed by atoms with Crippen LogP contribution in [0.1, 0.15) is 50.4 Å². The van der Waals surface area contributed by atoms with Crippen LogP contribution in [0.25, 0.3) is 0 Å². The van der Waals surface area contributed by atoms with Gasteiger partial charge in [0.15, 0.2) is 5.69 Å². The fourth-order valence-corrected chi connectivity index (χ4v) is 1.47. The topological polar surface area (TPSA) is 77.1 Å². The van der Waals surface area contributed by atoms with Crippen LogP contribution in [0.15, 0.2) is 6.20 Å². The molecule has 0 saturated carbocycles. The maximum Gasteiger partial charge on any atom is 0.374 e. The Kier molecular flexibility index (Phi) is 5.71. The standard InChI is InChI=1S/C14H21N3O3/c1-5-20-13(18)12-16-11(8-15)9-17(12)10-19-7-6-14(2,3)4/h9H,5-7,10H2,1-4H3. The number of carbonyl (C=O) groups is 1. The lowest BCUT2D eigenvalue weighted by atomic mass is 9.93. The molecule has 0 saturated heterocycles. The van der Waals surface area contributed by atoms with Gasteiger partial charge in [0.25, 0.3) is 0 Å². The zero-order valence-electron chi connectivity index (χ0n) is 12.5. The summed E-state index contributed by atoms with van der Waals surface area (Å²) in [5, 5.41) is 8.85. The van der Waals surface area contributed by atoms with Gasteiger partial charge in [-0.3, -0.25) is 0 Å². The third-order valence-electron chi connectivity index (χ3n) is 2.58. The molecule has 0 aromatic carbocycles. The Morgan fingerprint density at radius 1 is 1.50 bits per heavy atom. The summed E-state index contributed by atoms with van der Waals surface area (Å²) in [7, 11) is 0. The smallest absolute Gasteiger partial charge is 0.374 e. The molecule has 0 spiro atoms. The van der Waals surface area contributed by atoms with Crippen molar-refractivity contribution in [3.8, 4) is 6.07 Å². The number of aromatic nitrogens is 2. The molecular weight excluding hydrogens is 258 g/mol. The number of carbonyl (C=O) groups excluding carboxylic acids is 1. The van der Waals surface area contributed by atoms with Gasteiger partial charge in [-0.15, -0.1) is 0 Å². The van der Waals surface area contributed by atoms with Crippen molar-refractivity contribution in [1.82, 2.24) is 9.55 Å². The van der Waals surface area contributed by atoms with Gasteiger partial charge in [0, 0.05) is 12.8 Å². The van der Waals surface area contributed by atoms with Crippen LogP contribution in [0.3, 0.4) is 0 Å². The molecule has 6 nitrogen and oxygen atoms in total. The number of hydrogen-bond acceptors (Lipinski definition) is 5. The van der Waals surface area contributed by atoms with Crippen LogP contribution in [0.2, 0.25) is 0 Å². The average Bonchev–Trinajstić information content (AvgIpc) is 2.77. The second kappa shape index (κ2) is 7.06. The van der Waals surface area contributed by atoms with Crippen molar-refractivity contribution < 1.29 is 14.3 Å². The zero-order valence-corrected chi connectivity index (χ0v) is 12.5. The molecule has 0 radical (unpaired) electrons.